The summed E-state index contributed by atoms with van der Waals surface area (Å²) in [5.74, 6) is -1.25. The molecule has 0 aromatic carbocycles. The molecule has 0 rings (SSSR count). The van der Waals surface area contributed by atoms with Gasteiger partial charge in [-0.3, -0.25) is 9.59 Å². The van der Waals surface area contributed by atoms with Crippen molar-refractivity contribution in [3.63, 3.8) is 0 Å². The highest BCUT2D eigenvalue weighted by molar-refractivity contribution is 5.85. The number of methoxy groups -OCH3 is 2. The first kappa shape index (κ1) is 20.4. The molecule has 0 aliphatic rings. The number of azo groups is 1. The number of amides is 2. The lowest BCUT2D eigenvalue weighted by Gasteiger charge is -2.25. The zero-order valence-electron chi connectivity index (χ0n) is 13.3. The fourth-order valence-electron chi connectivity index (χ4n) is 1.22. The molecular weight excluding hydrogens is 296 g/mol. The van der Waals surface area contributed by atoms with Crippen molar-refractivity contribution in [3.05, 3.63) is 0 Å². The highest BCUT2D eigenvalue weighted by Crippen LogP contribution is 2.18. The summed E-state index contributed by atoms with van der Waals surface area (Å²) in [7, 11) is 2.51. The van der Waals surface area contributed by atoms with Crippen LogP contribution >= 0.6 is 0 Å². The highest BCUT2D eigenvalue weighted by Gasteiger charge is 2.38. The topological polar surface area (TPSA) is 142 Å². The predicted octanol–water partition coefficient (Wildman–Crippen LogP) is -1.62. The van der Waals surface area contributed by atoms with Crippen LogP contribution < -0.4 is 10.6 Å². The van der Waals surface area contributed by atoms with Crippen molar-refractivity contribution in [1.82, 2.24) is 10.6 Å². The van der Waals surface area contributed by atoms with Gasteiger partial charge in [0.15, 0.2) is 0 Å². The van der Waals surface area contributed by atoms with E-state index in [0.717, 1.165) is 0 Å². The van der Waals surface area contributed by atoms with Crippen molar-refractivity contribution in [2.45, 2.75) is 25.3 Å². The van der Waals surface area contributed by atoms with Crippen LogP contribution in [0.1, 0.15) is 13.8 Å². The largest absolute Gasteiger partial charge is 0.395 e. The molecule has 10 nitrogen and oxygen atoms in total. The van der Waals surface area contributed by atoms with Crippen molar-refractivity contribution in [2.24, 2.45) is 10.2 Å². The fourth-order valence-corrected chi connectivity index (χ4v) is 1.22. The summed E-state index contributed by atoms with van der Waals surface area (Å²) in [6.45, 7) is 2.30. The van der Waals surface area contributed by atoms with Crippen molar-refractivity contribution in [2.75, 3.05) is 40.5 Å². The van der Waals surface area contributed by atoms with Gasteiger partial charge in [0.05, 0.1) is 13.2 Å². The minimum absolute atomic E-state index is 0.0336. The number of carbonyl (C=O) groups is 2. The van der Waals surface area contributed by atoms with E-state index in [4.69, 9.17) is 19.7 Å². The summed E-state index contributed by atoms with van der Waals surface area (Å²) in [6, 6.07) is 0. The van der Waals surface area contributed by atoms with Gasteiger partial charge in [0.1, 0.15) is 0 Å². The molecule has 10 heteroatoms. The Hall–Kier alpha value is -1.62. The summed E-state index contributed by atoms with van der Waals surface area (Å²) in [5, 5.41) is 29.7. The molecule has 2 atom stereocenters. The molecule has 4 N–H and O–H groups in total. The normalized spacial score (nSPS) is 16.8. The molecule has 0 heterocycles. The summed E-state index contributed by atoms with van der Waals surface area (Å²) < 4.78 is 10.0. The Balaban J connectivity index is 5.12. The van der Waals surface area contributed by atoms with E-state index in [2.05, 4.69) is 20.9 Å². The maximum atomic E-state index is 11.9. The molecule has 0 aliphatic heterocycles. The lowest BCUT2D eigenvalue weighted by Crippen LogP contribution is -2.48. The van der Waals surface area contributed by atoms with Crippen LogP contribution in [0, 0.1) is 0 Å². The van der Waals surface area contributed by atoms with Crippen LogP contribution in [0.4, 0.5) is 0 Å². The first-order valence-electron chi connectivity index (χ1n) is 6.62. The summed E-state index contributed by atoms with van der Waals surface area (Å²) in [6.07, 6.45) is 0. The minimum Gasteiger partial charge on any atom is -0.395 e. The zero-order chi connectivity index (χ0) is 17.2. The van der Waals surface area contributed by atoms with Crippen LogP contribution in [0.3, 0.4) is 0 Å². The van der Waals surface area contributed by atoms with Crippen LogP contribution in [-0.4, -0.2) is 74.0 Å². The minimum atomic E-state index is -1.67. The second-order valence-electron chi connectivity index (χ2n) is 4.53. The van der Waals surface area contributed by atoms with E-state index >= 15 is 0 Å². The summed E-state index contributed by atoms with van der Waals surface area (Å²) >= 11 is 0. The number of hydrogen-bond donors (Lipinski definition) is 4. The Morgan fingerprint density at radius 1 is 0.909 bits per heavy atom. The lowest BCUT2D eigenvalue weighted by molar-refractivity contribution is -0.146. The zero-order valence-corrected chi connectivity index (χ0v) is 13.3. The van der Waals surface area contributed by atoms with E-state index in [0.29, 0.717) is 0 Å². The van der Waals surface area contributed by atoms with Crippen molar-refractivity contribution >= 4 is 11.8 Å². The number of ether oxygens (including phenoxy) is 2. The molecule has 0 radical (unpaired) electrons. The molecule has 0 saturated heterocycles. The Morgan fingerprint density at radius 2 is 1.23 bits per heavy atom. The van der Waals surface area contributed by atoms with Gasteiger partial charge < -0.3 is 30.3 Å². The Morgan fingerprint density at radius 3 is 1.45 bits per heavy atom. The number of aliphatic hydroxyl groups excluding tert-OH is 2. The quantitative estimate of drug-likeness (QED) is 0.356. The average Bonchev–Trinajstić information content (AvgIpc) is 2.54. The number of aliphatic hydroxyl groups is 2. The van der Waals surface area contributed by atoms with E-state index < -0.39 is 23.3 Å². The van der Waals surface area contributed by atoms with Crippen LogP contribution in [0.25, 0.3) is 0 Å². The van der Waals surface area contributed by atoms with Crippen molar-refractivity contribution in [3.8, 4) is 0 Å². The molecular formula is C12H24N4O6. The summed E-state index contributed by atoms with van der Waals surface area (Å²) in [5.41, 5.74) is -3.35. The van der Waals surface area contributed by atoms with E-state index in [1.165, 1.54) is 28.1 Å². The van der Waals surface area contributed by atoms with Crippen LogP contribution in [0.2, 0.25) is 0 Å². The van der Waals surface area contributed by atoms with Gasteiger partial charge in [-0.25, -0.2) is 0 Å². The molecule has 2 unspecified atom stereocenters. The third-order valence-electron chi connectivity index (χ3n) is 2.86. The number of carbonyl (C=O) groups excluding carboxylic acids is 2. The van der Waals surface area contributed by atoms with Gasteiger partial charge in [0.25, 0.3) is 23.3 Å². The van der Waals surface area contributed by atoms with Gasteiger partial charge in [-0.2, -0.15) is 0 Å². The van der Waals surface area contributed by atoms with Crippen LogP contribution in [0.15, 0.2) is 10.2 Å². The van der Waals surface area contributed by atoms with Crippen molar-refractivity contribution in [1.29, 1.82) is 0 Å². The molecule has 0 saturated carbocycles. The molecule has 128 valence electrons. The second kappa shape index (κ2) is 9.41. The molecule has 0 aromatic rings. The van der Waals surface area contributed by atoms with Gasteiger partial charge in [-0.15, -0.1) is 10.2 Å². The van der Waals surface area contributed by atoms with E-state index in [1.807, 2.05) is 0 Å². The molecule has 0 bridgehead atoms. The van der Waals surface area contributed by atoms with E-state index in [-0.39, 0.29) is 26.3 Å². The third kappa shape index (κ3) is 5.64. The maximum absolute atomic E-state index is 11.9. The molecule has 22 heavy (non-hydrogen) atoms. The van der Waals surface area contributed by atoms with Gasteiger partial charge >= 0.3 is 0 Å². The molecule has 0 aromatic heterocycles. The molecule has 0 fully saturated rings. The van der Waals surface area contributed by atoms with Crippen molar-refractivity contribution < 1.29 is 29.3 Å². The van der Waals surface area contributed by atoms with Gasteiger partial charge in [0.2, 0.25) is 0 Å². The van der Waals surface area contributed by atoms with Crippen LogP contribution in [0.5, 0.6) is 0 Å². The summed E-state index contributed by atoms with van der Waals surface area (Å²) in [4.78, 5) is 23.9. The Kier molecular flexibility index (Phi) is 8.72. The fraction of sp³-hybridized carbons (Fsp3) is 0.833. The Bertz CT molecular complexity index is 369. The standard InChI is InChI=1S/C12H24N4O6/c1-11(21-3,9(19)13-5-7-17)15-16-12(2,22-4)10(20)14-6-8-18/h17-18H,5-8H2,1-4H3,(H,13,19)(H,14,20). The Labute approximate surface area is 128 Å². The van der Waals surface area contributed by atoms with Gasteiger partial charge in [-0.05, 0) is 13.8 Å². The van der Waals surface area contributed by atoms with E-state index in [1.54, 1.807) is 0 Å². The number of rotatable bonds is 10. The number of nitrogens with one attached hydrogen (secondary N) is 2. The number of nitrogens with zero attached hydrogens (tertiary/aromatic N) is 2. The highest BCUT2D eigenvalue weighted by atomic mass is 16.5. The SMILES string of the molecule is COC(C)(N=NC(C)(OC)C(=O)NCCO)C(=O)NCCO. The lowest BCUT2D eigenvalue weighted by atomic mass is 10.2. The molecule has 0 spiro atoms. The second-order valence-corrected chi connectivity index (χ2v) is 4.53. The van der Waals surface area contributed by atoms with Crippen LogP contribution in [-0.2, 0) is 19.1 Å². The first-order valence-corrected chi connectivity index (χ1v) is 6.62. The smallest absolute Gasteiger partial charge is 0.276 e. The molecule has 0 aliphatic carbocycles. The monoisotopic (exact) mass is 320 g/mol. The third-order valence-corrected chi connectivity index (χ3v) is 2.86. The first-order chi connectivity index (χ1) is 10.3. The molecule has 2 amide bonds. The number of hydrogen-bond acceptors (Lipinski definition) is 8. The van der Waals surface area contributed by atoms with Gasteiger partial charge in [0, 0.05) is 27.3 Å². The van der Waals surface area contributed by atoms with E-state index in [9.17, 15) is 9.59 Å². The average molecular weight is 320 g/mol. The predicted molar refractivity (Wildman–Crippen MR) is 75.9 cm³/mol. The maximum Gasteiger partial charge on any atom is 0.276 e. The van der Waals surface area contributed by atoms with Gasteiger partial charge in [-0.1, -0.05) is 0 Å².